The lowest BCUT2D eigenvalue weighted by molar-refractivity contribution is -0.113. The van der Waals surface area contributed by atoms with Crippen molar-refractivity contribution in [2.24, 2.45) is 0 Å². The van der Waals surface area contributed by atoms with E-state index in [0.29, 0.717) is 39.5 Å². The van der Waals surface area contributed by atoms with Crippen molar-refractivity contribution in [2.75, 3.05) is 18.2 Å². The standard InChI is InChI=1S/C23H26ClN5O3S/c1-5-29-21(15(3)25-22(31)16-7-9-17(24)10-8-16)27-28-23(29)33-13-20(30)26-18-12-14(2)6-11-19(18)32-4/h6-12,15H,5,13H2,1-4H3,(H,25,31)(H,26,30)/t15-/m1/s1. The van der Waals surface area contributed by atoms with Crippen molar-refractivity contribution in [1.82, 2.24) is 20.1 Å². The largest absolute Gasteiger partial charge is 0.495 e. The summed E-state index contributed by atoms with van der Waals surface area (Å²) in [5.74, 6) is 0.956. The highest BCUT2D eigenvalue weighted by Crippen LogP contribution is 2.26. The molecule has 1 heterocycles. The van der Waals surface area contributed by atoms with E-state index >= 15 is 0 Å². The number of anilines is 1. The maximum Gasteiger partial charge on any atom is 0.251 e. The minimum Gasteiger partial charge on any atom is -0.495 e. The predicted molar refractivity (Wildman–Crippen MR) is 130 cm³/mol. The monoisotopic (exact) mass is 487 g/mol. The summed E-state index contributed by atoms with van der Waals surface area (Å²) in [6, 6.07) is 11.9. The maximum absolute atomic E-state index is 12.5. The molecule has 0 aliphatic carbocycles. The molecule has 1 atom stereocenters. The van der Waals surface area contributed by atoms with Crippen LogP contribution in [0, 0.1) is 6.92 Å². The van der Waals surface area contributed by atoms with Crippen LogP contribution in [0.25, 0.3) is 0 Å². The third-order valence-electron chi connectivity index (χ3n) is 4.86. The summed E-state index contributed by atoms with van der Waals surface area (Å²) in [5.41, 5.74) is 2.15. The zero-order valence-corrected chi connectivity index (χ0v) is 20.5. The molecule has 174 valence electrons. The van der Waals surface area contributed by atoms with Crippen LogP contribution in [0.2, 0.25) is 5.02 Å². The van der Waals surface area contributed by atoms with Crippen LogP contribution < -0.4 is 15.4 Å². The van der Waals surface area contributed by atoms with E-state index < -0.39 is 0 Å². The first kappa shape index (κ1) is 24.6. The Morgan fingerprint density at radius 1 is 1.18 bits per heavy atom. The summed E-state index contributed by atoms with van der Waals surface area (Å²) in [4.78, 5) is 25.1. The number of amides is 2. The van der Waals surface area contributed by atoms with Gasteiger partial charge in [0.15, 0.2) is 11.0 Å². The van der Waals surface area contributed by atoms with Gasteiger partial charge in [-0.25, -0.2) is 0 Å². The number of aryl methyl sites for hydroxylation is 1. The van der Waals surface area contributed by atoms with Gasteiger partial charge in [0.2, 0.25) is 5.91 Å². The molecule has 1 aromatic heterocycles. The Labute approximate surface area is 202 Å². The lowest BCUT2D eigenvalue weighted by atomic mass is 10.2. The molecule has 0 unspecified atom stereocenters. The Balaban J connectivity index is 1.64. The number of nitrogens with one attached hydrogen (secondary N) is 2. The highest BCUT2D eigenvalue weighted by molar-refractivity contribution is 7.99. The van der Waals surface area contributed by atoms with Crippen molar-refractivity contribution in [2.45, 2.75) is 38.5 Å². The summed E-state index contributed by atoms with van der Waals surface area (Å²) >= 11 is 7.17. The molecule has 0 saturated carbocycles. The van der Waals surface area contributed by atoms with E-state index in [9.17, 15) is 9.59 Å². The van der Waals surface area contributed by atoms with Crippen molar-refractivity contribution in [1.29, 1.82) is 0 Å². The van der Waals surface area contributed by atoms with Crippen LogP contribution in [-0.4, -0.2) is 39.4 Å². The van der Waals surface area contributed by atoms with Gasteiger partial charge in [-0.15, -0.1) is 10.2 Å². The fraction of sp³-hybridized carbons (Fsp3) is 0.304. The number of methoxy groups -OCH3 is 1. The molecule has 3 aromatic rings. The number of halogens is 1. The molecule has 0 fully saturated rings. The quantitative estimate of drug-likeness (QED) is 0.431. The molecule has 0 radical (unpaired) electrons. The van der Waals surface area contributed by atoms with Crippen LogP contribution >= 0.6 is 23.4 Å². The number of carbonyl (C=O) groups is 2. The lowest BCUT2D eigenvalue weighted by Gasteiger charge is -2.15. The molecule has 0 aliphatic heterocycles. The van der Waals surface area contributed by atoms with Gasteiger partial charge in [0.25, 0.3) is 5.91 Å². The zero-order chi connectivity index (χ0) is 24.0. The Kier molecular flexibility index (Phi) is 8.35. The van der Waals surface area contributed by atoms with E-state index in [2.05, 4.69) is 20.8 Å². The van der Waals surface area contributed by atoms with Crippen molar-refractivity contribution < 1.29 is 14.3 Å². The molecule has 8 nitrogen and oxygen atoms in total. The number of ether oxygens (including phenoxy) is 1. The van der Waals surface area contributed by atoms with Crippen molar-refractivity contribution in [3.05, 3.63) is 64.4 Å². The summed E-state index contributed by atoms with van der Waals surface area (Å²) < 4.78 is 7.20. The van der Waals surface area contributed by atoms with E-state index in [1.54, 1.807) is 31.4 Å². The molecule has 0 aliphatic rings. The first-order chi connectivity index (χ1) is 15.8. The molecule has 2 aromatic carbocycles. The van der Waals surface area contributed by atoms with Gasteiger partial charge in [-0.05, 0) is 62.7 Å². The van der Waals surface area contributed by atoms with E-state index in [0.717, 1.165) is 5.56 Å². The molecule has 0 saturated heterocycles. The summed E-state index contributed by atoms with van der Waals surface area (Å²) in [6.45, 7) is 6.35. The molecule has 2 N–H and O–H groups in total. The Hall–Kier alpha value is -3.04. The van der Waals surface area contributed by atoms with Gasteiger partial charge in [0.05, 0.1) is 24.6 Å². The normalized spacial score (nSPS) is 11.7. The third kappa shape index (κ3) is 6.27. The van der Waals surface area contributed by atoms with Gasteiger partial charge >= 0.3 is 0 Å². The number of benzene rings is 2. The molecule has 10 heteroatoms. The Morgan fingerprint density at radius 3 is 2.58 bits per heavy atom. The van der Waals surface area contributed by atoms with Crippen LogP contribution in [0.5, 0.6) is 5.75 Å². The minimum absolute atomic E-state index is 0.154. The topological polar surface area (TPSA) is 98.1 Å². The minimum atomic E-state index is -0.375. The lowest BCUT2D eigenvalue weighted by Crippen LogP contribution is -2.28. The average molecular weight is 488 g/mol. The van der Waals surface area contributed by atoms with Crippen molar-refractivity contribution >= 4 is 40.9 Å². The second-order valence-electron chi connectivity index (χ2n) is 7.33. The first-order valence-corrected chi connectivity index (χ1v) is 11.8. The molecule has 33 heavy (non-hydrogen) atoms. The number of aromatic nitrogens is 3. The van der Waals surface area contributed by atoms with Crippen LogP contribution in [0.4, 0.5) is 5.69 Å². The number of thioether (sulfide) groups is 1. The summed E-state index contributed by atoms with van der Waals surface area (Å²) in [5, 5.41) is 15.5. The van der Waals surface area contributed by atoms with Gasteiger partial charge in [0.1, 0.15) is 5.75 Å². The summed E-state index contributed by atoms with van der Waals surface area (Å²) in [6.07, 6.45) is 0. The van der Waals surface area contributed by atoms with Crippen molar-refractivity contribution in [3.63, 3.8) is 0 Å². The smallest absolute Gasteiger partial charge is 0.251 e. The van der Waals surface area contributed by atoms with Gasteiger partial charge in [0, 0.05) is 17.1 Å². The van der Waals surface area contributed by atoms with E-state index in [1.165, 1.54) is 11.8 Å². The van der Waals surface area contributed by atoms with Crippen LogP contribution in [-0.2, 0) is 11.3 Å². The second kappa shape index (κ2) is 11.2. The van der Waals surface area contributed by atoms with Gasteiger partial charge in [-0.1, -0.05) is 29.4 Å². The molecule has 0 bridgehead atoms. The van der Waals surface area contributed by atoms with Crippen LogP contribution in [0.15, 0.2) is 47.6 Å². The molecule has 2 amide bonds. The number of rotatable bonds is 9. The maximum atomic E-state index is 12.5. The fourth-order valence-electron chi connectivity index (χ4n) is 3.21. The van der Waals surface area contributed by atoms with Crippen molar-refractivity contribution in [3.8, 4) is 5.75 Å². The Morgan fingerprint density at radius 2 is 1.91 bits per heavy atom. The molecular weight excluding hydrogens is 462 g/mol. The Bertz CT molecular complexity index is 1130. The van der Waals surface area contributed by atoms with Gasteiger partial charge < -0.3 is 19.9 Å². The third-order valence-corrected chi connectivity index (χ3v) is 6.08. The van der Waals surface area contributed by atoms with Crippen LogP contribution in [0.1, 0.15) is 41.6 Å². The fourth-order valence-corrected chi connectivity index (χ4v) is 4.14. The molecular formula is C23H26ClN5O3S. The number of hydrogen-bond acceptors (Lipinski definition) is 6. The van der Waals surface area contributed by atoms with Gasteiger partial charge in [-0.3, -0.25) is 9.59 Å². The number of carbonyl (C=O) groups excluding carboxylic acids is 2. The first-order valence-electron chi connectivity index (χ1n) is 10.4. The highest BCUT2D eigenvalue weighted by Gasteiger charge is 2.20. The highest BCUT2D eigenvalue weighted by atomic mass is 35.5. The van der Waals surface area contributed by atoms with E-state index in [1.807, 2.05) is 43.5 Å². The average Bonchev–Trinajstić information content (AvgIpc) is 3.21. The van der Waals surface area contributed by atoms with Crippen LogP contribution in [0.3, 0.4) is 0 Å². The predicted octanol–water partition coefficient (Wildman–Crippen LogP) is 4.49. The van der Waals surface area contributed by atoms with Gasteiger partial charge in [-0.2, -0.15) is 0 Å². The van der Waals surface area contributed by atoms with E-state index in [4.69, 9.17) is 16.3 Å². The second-order valence-corrected chi connectivity index (χ2v) is 8.71. The number of nitrogens with zero attached hydrogens (tertiary/aromatic N) is 3. The number of hydrogen-bond donors (Lipinski definition) is 2. The van der Waals surface area contributed by atoms with E-state index in [-0.39, 0.29) is 23.6 Å². The molecule has 3 rings (SSSR count). The summed E-state index contributed by atoms with van der Waals surface area (Å²) in [7, 11) is 1.56. The zero-order valence-electron chi connectivity index (χ0n) is 18.9. The molecule has 0 spiro atoms. The SMILES string of the molecule is CCn1c(SCC(=O)Nc2cc(C)ccc2OC)nnc1[C@@H](C)NC(=O)c1ccc(Cl)cc1.